The highest BCUT2D eigenvalue weighted by Crippen LogP contribution is 2.06. The van der Waals surface area contributed by atoms with Gasteiger partial charge in [-0.3, -0.25) is 24.2 Å². The highest BCUT2D eigenvalue weighted by molar-refractivity contribution is 5.95. The first-order valence-corrected chi connectivity index (χ1v) is 10.7. The third-order valence-corrected chi connectivity index (χ3v) is 4.69. The number of aliphatic imine (C=N–C) groups is 1. The number of aliphatic carboxylic acids is 2. The molecule has 0 aliphatic rings. The van der Waals surface area contributed by atoms with Crippen LogP contribution in [0.1, 0.15) is 24.8 Å². The summed E-state index contributed by atoms with van der Waals surface area (Å²) in [6.07, 6.45) is -0.543. The summed E-state index contributed by atoms with van der Waals surface area (Å²) in [5, 5.41) is 25.6. The van der Waals surface area contributed by atoms with E-state index in [0.29, 0.717) is 5.56 Å². The second-order valence-electron chi connectivity index (χ2n) is 7.52. The van der Waals surface area contributed by atoms with E-state index in [2.05, 4.69) is 20.9 Å². The topological polar surface area (TPSA) is 252 Å². The van der Waals surface area contributed by atoms with Gasteiger partial charge in [0, 0.05) is 13.0 Å². The van der Waals surface area contributed by atoms with Gasteiger partial charge in [0.2, 0.25) is 17.7 Å². The molecule has 3 atom stereocenters. The van der Waals surface area contributed by atoms with Gasteiger partial charge >= 0.3 is 11.9 Å². The lowest BCUT2D eigenvalue weighted by atomic mass is 10.0. The van der Waals surface area contributed by atoms with Crippen LogP contribution in [-0.4, -0.2) is 77.0 Å². The second kappa shape index (κ2) is 14.8. The Labute approximate surface area is 201 Å². The summed E-state index contributed by atoms with van der Waals surface area (Å²) in [5.41, 5.74) is 16.4. The molecule has 192 valence electrons. The molecule has 0 saturated heterocycles. The molecular weight excluding hydrogens is 462 g/mol. The normalized spacial score (nSPS) is 12.9. The molecule has 35 heavy (non-hydrogen) atoms. The smallest absolute Gasteiger partial charge is 0.326 e. The van der Waals surface area contributed by atoms with Crippen LogP contribution < -0.4 is 33.2 Å². The van der Waals surface area contributed by atoms with Crippen molar-refractivity contribution in [3.8, 4) is 0 Å². The largest absolute Gasteiger partial charge is 0.481 e. The van der Waals surface area contributed by atoms with E-state index >= 15 is 0 Å². The molecule has 0 aliphatic carbocycles. The van der Waals surface area contributed by atoms with Crippen LogP contribution in [0.5, 0.6) is 0 Å². The van der Waals surface area contributed by atoms with Crippen molar-refractivity contribution in [3.63, 3.8) is 0 Å². The number of carboxylic acid groups (broad SMARTS) is 2. The van der Waals surface area contributed by atoms with Gasteiger partial charge in [-0.25, -0.2) is 4.79 Å². The third-order valence-electron chi connectivity index (χ3n) is 4.69. The number of carbonyl (C=O) groups excluding carboxylic acids is 3. The Hall–Kier alpha value is -4.20. The van der Waals surface area contributed by atoms with E-state index in [1.807, 2.05) is 0 Å². The zero-order valence-electron chi connectivity index (χ0n) is 19.0. The summed E-state index contributed by atoms with van der Waals surface area (Å²) >= 11 is 0. The lowest BCUT2D eigenvalue weighted by molar-refractivity contribution is -0.143. The van der Waals surface area contributed by atoms with E-state index in [4.69, 9.17) is 22.3 Å². The number of carboxylic acids is 2. The predicted octanol–water partition coefficient (Wildman–Crippen LogP) is -2.74. The molecule has 1 aromatic rings. The molecule has 0 bridgehead atoms. The third kappa shape index (κ3) is 11.5. The number of rotatable bonds is 15. The fourth-order valence-corrected chi connectivity index (χ4v) is 3.00. The van der Waals surface area contributed by atoms with Crippen molar-refractivity contribution in [1.82, 2.24) is 16.0 Å². The highest BCUT2D eigenvalue weighted by atomic mass is 16.4. The Balaban J connectivity index is 3.02. The van der Waals surface area contributed by atoms with Gasteiger partial charge in [-0.05, 0) is 18.4 Å². The van der Waals surface area contributed by atoms with Crippen LogP contribution in [0.15, 0.2) is 35.3 Å². The number of benzene rings is 1. The average Bonchev–Trinajstić information content (AvgIpc) is 2.79. The van der Waals surface area contributed by atoms with Gasteiger partial charge in [-0.15, -0.1) is 0 Å². The molecule has 14 heteroatoms. The van der Waals surface area contributed by atoms with Gasteiger partial charge in [-0.1, -0.05) is 30.3 Å². The van der Waals surface area contributed by atoms with E-state index in [1.54, 1.807) is 30.3 Å². The zero-order chi connectivity index (χ0) is 26.4. The Morgan fingerprint density at radius 3 is 2.03 bits per heavy atom. The fraction of sp³-hybridized carbons (Fsp3) is 0.429. The number of guanidine groups is 1. The molecule has 0 fully saturated rings. The number of hydrogen-bond donors (Lipinski definition) is 8. The van der Waals surface area contributed by atoms with Crippen molar-refractivity contribution in [2.45, 2.75) is 43.8 Å². The summed E-state index contributed by atoms with van der Waals surface area (Å²) in [4.78, 5) is 63.9. The van der Waals surface area contributed by atoms with E-state index < -0.39 is 60.8 Å². The van der Waals surface area contributed by atoms with Crippen LogP contribution in [0.3, 0.4) is 0 Å². The van der Waals surface area contributed by atoms with E-state index in [9.17, 15) is 29.1 Å². The molecule has 0 heterocycles. The summed E-state index contributed by atoms with van der Waals surface area (Å²) < 4.78 is 0. The Morgan fingerprint density at radius 2 is 1.49 bits per heavy atom. The predicted molar refractivity (Wildman–Crippen MR) is 125 cm³/mol. The van der Waals surface area contributed by atoms with Gasteiger partial charge in [-0.2, -0.15) is 0 Å². The summed E-state index contributed by atoms with van der Waals surface area (Å²) in [5.74, 6) is -5.36. The van der Waals surface area contributed by atoms with Crippen molar-refractivity contribution in [3.05, 3.63) is 35.9 Å². The summed E-state index contributed by atoms with van der Waals surface area (Å²) in [7, 11) is 0. The molecule has 11 N–H and O–H groups in total. The quantitative estimate of drug-likeness (QED) is 0.0710. The van der Waals surface area contributed by atoms with Crippen molar-refractivity contribution in [2.24, 2.45) is 22.2 Å². The first-order chi connectivity index (χ1) is 16.5. The molecule has 0 radical (unpaired) electrons. The first kappa shape index (κ1) is 28.8. The lowest BCUT2D eigenvalue weighted by Crippen LogP contribution is -2.56. The van der Waals surface area contributed by atoms with Gasteiger partial charge in [0.15, 0.2) is 5.96 Å². The monoisotopic (exact) mass is 493 g/mol. The maximum atomic E-state index is 12.9. The molecule has 3 unspecified atom stereocenters. The zero-order valence-corrected chi connectivity index (χ0v) is 19.0. The number of amides is 3. The van der Waals surface area contributed by atoms with Crippen molar-refractivity contribution >= 4 is 35.6 Å². The van der Waals surface area contributed by atoms with Gasteiger partial charge in [0.25, 0.3) is 0 Å². The van der Waals surface area contributed by atoms with Gasteiger partial charge in [0.1, 0.15) is 18.1 Å². The standard InChI is InChI=1S/C21H31N7O7/c22-11-16(29)26-14(10-17(30)31)19(33)27-13(7-4-8-25-21(23)24)18(32)28-15(20(34)35)9-12-5-2-1-3-6-12/h1-3,5-6,13-15H,4,7-11,22H2,(H,26,29)(H,27,33)(H,28,32)(H,30,31)(H,34,35)(H4,23,24,25). The maximum Gasteiger partial charge on any atom is 0.326 e. The minimum absolute atomic E-state index is 0.00332. The second-order valence-corrected chi connectivity index (χ2v) is 7.52. The summed E-state index contributed by atoms with van der Waals surface area (Å²) in [6.45, 7) is -0.359. The van der Waals surface area contributed by atoms with Gasteiger partial charge in [0.05, 0.1) is 13.0 Å². The molecule has 0 spiro atoms. The molecule has 3 amide bonds. The Morgan fingerprint density at radius 1 is 0.886 bits per heavy atom. The van der Waals surface area contributed by atoms with Crippen molar-refractivity contribution in [2.75, 3.05) is 13.1 Å². The number of carbonyl (C=O) groups is 5. The Kier molecular flexibility index (Phi) is 12.2. The fourth-order valence-electron chi connectivity index (χ4n) is 3.00. The molecular formula is C21H31N7O7. The molecule has 14 nitrogen and oxygen atoms in total. The van der Waals surface area contributed by atoms with Crippen LogP contribution in [0.4, 0.5) is 0 Å². The number of nitrogens with one attached hydrogen (secondary N) is 3. The first-order valence-electron chi connectivity index (χ1n) is 10.7. The van der Waals surface area contributed by atoms with Gasteiger partial charge < -0.3 is 43.4 Å². The van der Waals surface area contributed by atoms with Crippen molar-refractivity contribution in [1.29, 1.82) is 0 Å². The molecule has 0 aliphatic heterocycles. The van der Waals surface area contributed by atoms with Crippen molar-refractivity contribution < 1.29 is 34.2 Å². The minimum Gasteiger partial charge on any atom is -0.481 e. The average molecular weight is 494 g/mol. The Bertz CT molecular complexity index is 920. The molecule has 0 aromatic heterocycles. The van der Waals surface area contributed by atoms with E-state index in [-0.39, 0.29) is 31.8 Å². The summed E-state index contributed by atoms with van der Waals surface area (Å²) in [6, 6.07) is 4.55. The van der Waals surface area contributed by atoms with Crippen LogP contribution in [0, 0.1) is 0 Å². The van der Waals surface area contributed by atoms with E-state index in [0.717, 1.165) is 0 Å². The number of hydrogen-bond acceptors (Lipinski definition) is 7. The highest BCUT2D eigenvalue weighted by Gasteiger charge is 2.30. The lowest BCUT2D eigenvalue weighted by Gasteiger charge is -2.24. The molecule has 1 rings (SSSR count). The maximum absolute atomic E-state index is 12.9. The van der Waals surface area contributed by atoms with Crippen LogP contribution >= 0.6 is 0 Å². The number of nitrogens with two attached hydrogens (primary N) is 3. The van der Waals surface area contributed by atoms with E-state index in [1.165, 1.54) is 0 Å². The van der Waals surface area contributed by atoms with Crippen LogP contribution in [-0.2, 0) is 30.4 Å². The molecule has 1 aromatic carbocycles. The van der Waals surface area contributed by atoms with Crippen LogP contribution in [0.2, 0.25) is 0 Å². The molecule has 0 saturated carbocycles. The van der Waals surface area contributed by atoms with Crippen LogP contribution in [0.25, 0.3) is 0 Å². The minimum atomic E-state index is -1.50. The SMILES string of the molecule is NCC(=O)NC(CC(=O)O)C(=O)NC(CCCN=C(N)N)C(=O)NC(Cc1ccccc1)C(=O)O. The number of nitrogens with zero attached hydrogens (tertiary/aromatic N) is 1.